The molecule has 9 nitrogen and oxygen atoms in total. The van der Waals surface area contributed by atoms with Gasteiger partial charge in [-0.2, -0.15) is 5.26 Å². The molecule has 1 aromatic heterocycles. The van der Waals surface area contributed by atoms with E-state index in [0.29, 0.717) is 23.9 Å². The third-order valence-corrected chi connectivity index (χ3v) is 4.81. The second-order valence-electron chi connectivity index (χ2n) is 7.68. The van der Waals surface area contributed by atoms with E-state index in [2.05, 4.69) is 20.6 Å². The molecule has 10 heteroatoms. The molecule has 32 heavy (non-hydrogen) atoms. The summed E-state index contributed by atoms with van der Waals surface area (Å²) in [6, 6.07) is 7.07. The van der Waals surface area contributed by atoms with Crippen LogP contribution in [-0.4, -0.2) is 60.1 Å². The summed E-state index contributed by atoms with van der Waals surface area (Å²) in [5.74, 6) is 0.347. The van der Waals surface area contributed by atoms with E-state index in [1.165, 1.54) is 12.1 Å². The number of nitrogens with one attached hydrogen (secondary N) is 2. The lowest BCUT2D eigenvalue weighted by Gasteiger charge is -2.36. The van der Waals surface area contributed by atoms with Crippen molar-refractivity contribution in [2.75, 3.05) is 37.8 Å². The molecule has 3 rings (SSSR count). The van der Waals surface area contributed by atoms with Gasteiger partial charge in [0.15, 0.2) is 0 Å². The number of benzene rings is 1. The van der Waals surface area contributed by atoms with Crippen LogP contribution in [0.1, 0.15) is 18.5 Å². The molecular weight excluding hydrogens is 413 g/mol. The third-order valence-electron chi connectivity index (χ3n) is 4.81. The summed E-state index contributed by atoms with van der Waals surface area (Å²) in [5, 5.41) is 14.2. The fourth-order valence-electron chi connectivity index (χ4n) is 3.44. The lowest BCUT2D eigenvalue weighted by atomic mass is 10.1. The number of amides is 2. The lowest BCUT2D eigenvalue weighted by molar-refractivity contribution is 0.119. The standard InChI is InChI=1S/C22H26FN7O2/c1-15-6-7-17(12-25-15)27-21(31)28-18-9-16(23)10-20(11-18)32-19-5-4-8-30(13-19)22(26-14-24)29(2)3/h6-7,9-12,19H,4-5,8,13H2,1-3H3,(H2,27,28,31)/t19-/m0/s1. The maximum absolute atomic E-state index is 14.2. The van der Waals surface area contributed by atoms with Gasteiger partial charge >= 0.3 is 6.03 Å². The van der Waals surface area contributed by atoms with Gasteiger partial charge in [0.1, 0.15) is 17.7 Å². The van der Waals surface area contributed by atoms with Crippen LogP contribution in [0.25, 0.3) is 0 Å². The summed E-state index contributed by atoms with van der Waals surface area (Å²) in [5.41, 5.74) is 1.63. The number of carbonyl (C=O) groups excluding carboxylic acids is 1. The fraction of sp³-hybridized carbons (Fsp3) is 0.364. The second kappa shape index (κ2) is 10.4. The van der Waals surface area contributed by atoms with Crippen LogP contribution in [0.2, 0.25) is 0 Å². The van der Waals surface area contributed by atoms with Crippen molar-refractivity contribution in [2.24, 2.45) is 4.99 Å². The van der Waals surface area contributed by atoms with Gasteiger partial charge in [0.2, 0.25) is 12.2 Å². The normalized spacial score (nSPS) is 16.2. The number of nitrogens with zero attached hydrogens (tertiary/aromatic N) is 5. The number of carbonyl (C=O) groups is 1. The maximum atomic E-state index is 14.2. The topological polar surface area (TPSA) is 106 Å². The van der Waals surface area contributed by atoms with Gasteiger partial charge in [-0.05, 0) is 38.0 Å². The number of guanidine groups is 1. The Balaban J connectivity index is 1.65. The zero-order chi connectivity index (χ0) is 23.1. The number of urea groups is 1. The van der Waals surface area contributed by atoms with Crippen molar-refractivity contribution in [3.05, 3.63) is 48.0 Å². The number of halogens is 1. The molecule has 2 N–H and O–H groups in total. The molecule has 1 fully saturated rings. The lowest BCUT2D eigenvalue weighted by Crippen LogP contribution is -2.49. The van der Waals surface area contributed by atoms with Crippen LogP contribution in [0.15, 0.2) is 41.5 Å². The van der Waals surface area contributed by atoms with Crippen LogP contribution in [0.5, 0.6) is 5.75 Å². The first kappa shape index (κ1) is 22.8. The van der Waals surface area contributed by atoms with Gasteiger partial charge < -0.3 is 25.2 Å². The highest BCUT2D eigenvalue weighted by Gasteiger charge is 2.25. The van der Waals surface area contributed by atoms with Gasteiger partial charge in [-0.15, -0.1) is 4.99 Å². The molecule has 1 aromatic carbocycles. The highest BCUT2D eigenvalue weighted by atomic mass is 19.1. The first-order chi connectivity index (χ1) is 15.3. The number of aryl methyl sites for hydroxylation is 1. The van der Waals surface area contributed by atoms with Crippen LogP contribution in [0.3, 0.4) is 0 Å². The summed E-state index contributed by atoms with van der Waals surface area (Å²) in [6.45, 7) is 3.11. The van der Waals surface area contributed by atoms with Crippen LogP contribution in [0.4, 0.5) is 20.6 Å². The number of hydrogen-bond donors (Lipinski definition) is 2. The van der Waals surface area contributed by atoms with Crippen molar-refractivity contribution >= 4 is 23.4 Å². The SMILES string of the molecule is Cc1ccc(NC(=O)Nc2cc(F)cc(O[C@H]3CCCN(C(=NC#N)N(C)C)C3)c2)cn1. The number of nitriles is 1. The number of ether oxygens (including phenoxy) is 1. The number of anilines is 2. The van der Waals surface area contributed by atoms with E-state index in [0.717, 1.165) is 25.1 Å². The highest BCUT2D eigenvalue weighted by Crippen LogP contribution is 2.24. The summed E-state index contributed by atoms with van der Waals surface area (Å²) in [6.07, 6.45) is 4.78. The number of aromatic nitrogens is 1. The minimum Gasteiger partial charge on any atom is -0.488 e. The molecule has 0 spiro atoms. The number of likely N-dealkylation sites (tertiary alicyclic amines) is 1. The van der Waals surface area contributed by atoms with E-state index in [1.54, 1.807) is 29.3 Å². The number of hydrogen-bond acceptors (Lipinski definition) is 5. The number of rotatable bonds is 4. The zero-order valence-electron chi connectivity index (χ0n) is 18.3. The van der Waals surface area contributed by atoms with Crippen molar-refractivity contribution in [1.29, 1.82) is 5.26 Å². The molecule has 1 saturated heterocycles. The zero-order valence-corrected chi connectivity index (χ0v) is 18.3. The monoisotopic (exact) mass is 439 g/mol. The molecule has 0 saturated carbocycles. The van der Waals surface area contributed by atoms with E-state index < -0.39 is 11.8 Å². The van der Waals surface area contributed by atoms with Crippen molar-refractivity contribution in [3.63, 3.8) is 0 Å². The molecular formula is C22H26FN7O2. The average molecular weight is 439 g/mol. The van der Waals surface area contributed by atoms with E-state index in [4.69, 9.17) is 10.00 Å². The Labute approximate surface area is 186 Å². The molecule has 168 valence electrons. The predicted octanol–water partition coefficient (Wildman–Crippen LogP) is 3.42. The Morgan fingerprint density at radius 2 is 2.09 bits per heavy atom. The summed E-state index contributed by atoms with van der Waals surface area (Å²) in [4.78, 5) is 24.0. The van der Waals surface area contributed by atoms with E-state index in [9.17, 15) is 9.18 Å². The second-order valence-corrected chi connectivity index (χ2v) is 7.68. The molecule has 2 heterocycles. The van der Waals surface area contributed by atoms with E-state index >= 15 is 0 Å². The minimum absolute atomic E-state index is 0.213. The summed E-state index contributed by atoms with van der Waals surface area (Å²) >= 11 is 0. The minimum atomic E-state index is -0.525. The third kappa shape index (κ3) is 6.31. The van der Waals surface area contributed by atoms with Gasteiger partial charge in [-0.3, -0.25) is 4.98 Å². The molecule has 2 amide bonds. The maximum Gasteiger partial charge on any atom is 0.323 e. The van der Waals surface area contributed by atoms with Crippen LogP contribution < -0.4 is 15.4 Å². The molecule has 2 aromatic rings. The van der Waals surface area contributed by atoms with E-state index in [1.807, 2.05) is 32.1 Å². The average Bonchev–Trinajstić information content (AvgIpc) is 2.73. The van der Waals surface area contributed by atoms with Crippen molar-refractivity contribution in [3.8, 4) is 11.9 Å². The Kier molecular flexibility index (Phi) is 7.44. The molecule has 0 bridgehead atoms. The van der Waals surface area contributed by atoms with Gasteiger partial charge in [0.25, 0.3) is 0 Å². The Morgan fingerprint density at radius 3 is 2.78 bits per heavy atom. The first-order valence-corrected chi connectivity index (χ1v) is 10.2. The summed E-state index contributed by atoms with van der Waals surface area (Å²) < 4.78 is 20.2. The van der Waals surface area contributed by atoms with Crippen LogP contribution in [-0.2, 0) is 0 Å². The number of piperidine rings is 1. The van der Waals surface area contributed by atoms with Crippen molar-refractivity contribution < 1.29 is 13.9 Å². The quantitative estimate of drug-likeness (QED) is 0.430. The Hall–Kier alpha value is -3.87. The molecule has 1 aliphatic rings. The van der Waals surface area contributed by atoms with Crippen LogP contribution >= 0.6 is 0 Å². The Morgan fingerprint density at radius 1 is 1.31 bits per heavy atom. The molecule has 0 unspecified atom stereocenters. The molecule has 0 radical (unpaired) electrons. The van der Waals surface area contributed by atoms with Gasteiger partial charge in [-0.1, -0.05) is 0 Å². The fourth-order valence-corrected chi connectivity index (χ4v) is 3.44. The van der Waals surface area contributed by atoms with Gasteiger partial charge in [0.05, 0.1) is 18.4 Å². The van der Waals surface area contributed by atoms with Crippen molar-refractivity contribution in [1.82, 2.24) is 14.8 Å². The van der Waals surface area contributed by atoms with Crippen molar-refractivity contribution in [2.45, 2.75) is 25.9 Å². The first-order valence-electron chi connectivity index (χ1n) is 10.2. The Bertz CT molecular complexity index is 1020. The molecule has 1 atom stereocenters. The number of pyridine rings is 1. The smallest absolute Gasteiger partial charge is 0.323 e. The van der Waals surface area contributed by atoms with Crippen LogP contribution in [0, 0.1) is 24.2 Å². The van der Waals surface area contributed by atoms with Gasteiger partial charge in [0, 0.05) is 44.2 Å². The summed E-state index contributed by atoms with van der Waals surface area (Å²) in [7, 11) is 3.64. The predicted molar refractivity (Wildman–Crippen MR) is 120 cm³/mol. The van der Waals surface area contributed by atoms with E-state index in [-0.39, 0.29) is 11.8 Å². The van der Waals surface area contributed by atoms with Gasteiger partial charge in [-0.25, -0.2) is 9.18 Å². The highest BCUT2D eigenvalue weighted by molar-refractivity contribution is 5.99. The molecule has 1 aliphatic heterocycles. The largest absolute Gasteiger partial charge is 0.488 e. The number of aliphatic imine (C=N–C) groups is 1. The molecule has 0 aliphatic carbocycles.